The van der Waals surface area contributed by atoms with Crippen LogP contribution in [0.4, 0.5) is 24.9 Å². The lowest BCUT2D eigenvalue weighted by molar-refractivity contribution is -0.119. The van der Waals surface area contributed by atoms with Crippen molar-refractivity contribution >= 4 is 27.7 Å². The summed E-state index contributed by atoms with van der Waals surface area (Å²) in [5.41, 5.74) is 0. The summed E-state index contributed by atoms with van der Waals surface area (Å²) in [6.07, 6.45) is -2.21. The molecule has 1 aromatic rings. The van der Waals surface area contributed by atoms with Crippen LogP contribution in [0.5, 0.6) is 0 Å². The van der Waals surface area contributed by atoms with E-state index < -0.39 is 12.7 Å². The Kier molecular flexibility index (Phi) is 5.84. The first-order valence-corrected chi connectivity index (χ1v) is 6.74. The van der Waals surface area contributed by atoms with Crippen LogP contribution in [-0.2, 0) is 0 Å². The van der Waals surface area contributed by atoms with E-state index in [1.807, 2.05) is 13.8 Å². The second kappa shape index (κ2) is 6.93. The van der Waals surface area contributed by atoms with Crippen molar-refractivity contribution in [2.24, 2.45) is 0 Å². The standard InChI is InChI=1S/C11H16BrF3N4/c1-3-5-19(7-11(13,14)15)9-8(12)6-17-10(18-9)16-4-2/h6H,3-5,7H2,1-2H3,(H,16,17,18). The van der Waals surface area contributed by atoms with E-state index in [1.54, 1.807) is 0 Å². The summed E-state index contributed by atoms with van der Waals surface area (Å²) in [6, 6.07) is 0. The van der Waals surface area contributed by atoms with Gasteiger partial charge in [-0.25, -0.2) is 4.98 Å². The fraction of sp³-hybridized carbons (Fsp3) is 0.636. The first-order chi connectivity index (χ1) is 8.87. The Morgan fingerprint density at radius 3 is 2.58 bits per heavy atom. The van der Waals surface area contributed by atoms with Gasteiger partial charge in [-0.05, 0) is 29.3 Å². The maximum absolute atomic E-state index is 12.6. The number of anilines is 2. The van der Waals surface area contributed by atoms with Gasteiger partial charge in [0.1, 0.15) is 12.4 Å². The number of halogens is 4. The largest absolute Gasteiger partial charge is 0.405 e. The van der Waals surface area contributed by atoms with Crippen molar-refractivity contribution in [1.29, 1.82) is 0 Å². The molecule has 0 radical (unpaired) electrons. The third-order valence-electron chi connectivity index (χ3n) is 2.22. The molecule has 1 aromatic heterocycles. The molecule has 0 aromatic carbocycles. The predicted octanol–water partition coefficient (Wildman–Crippen LogP) is 3.45. The van der Waals surface area contributed by atoms with Crippen molar-refractivity contribution < 1.29 is 13.2 Å². The number of rotatable bonds is 6. The number of nitrogens with zero attached hydrogens (tertiary/aromatic N) is 3. The molecule has 0 aliphatic heterocycles. The zero-order valence-corrected chi connectivity index (χ0v) is 12.3. The van der Waals surface area contributed by atoms with Crippen molar-refractivity contribution in [3.05, 3.63) is 10.7 Å². The van der Waals surface area contributed by atoms with Gasteiger partial charge in [0.15, 0.2) is 0 Å². The average Bonchev–Trinajstić information content (AvgIpc) is 2.30. The molecule has 0 atom stereocenters. The highest BCUT2D eigenvalue weighted by Gasteiger charge is 2.32. The number of hydrogen-bond donors (Lipinski definition) is 1. The highest BCUT2D eigenvalue weighted by molar-refractivity contribution is 9.10. The van der Waals surface area contributed by atoms with Crippen LogP contribution in [0, 0.1) is 0 Å². The van der Waals surface area contributed by atoms with Crippen LogP contribution in [0.15, 0.2) is 10.7 Å². The van der Waals surface area contributed by atoms with Gasteiger partial charge in [0.25, 0.3) is 0 Å². The van der Waals surface area contributed by atoms with Gasteiger partial charge in [-0.2, -0.15) is 18.2 Å². The van der Waals surface area contributed by atoms with Crippen LogP contribution in [0.2, 0.25) is 0 Å². The van der Waals surface area contributed by atoms with Gasteiger partial charge < -0.3 is 10.2 Å². The zero-order chi connectivity index (χ0) is 14.5. The predicted molar refractivity (Wildman–Crippen MR) is 72.5 cm³/mol. The van der Waals surface area contributed by atoms with Crippen molar-refractivity contribution in [3.8, 4) is 0 Å². The van der Waals surface area contributed by atoms with Gasteiger partial charge in [-0.3, -0.25) is 0 Å². The Hall–Kier alpha value is -1.05. The zero-order valence-electron chi connectivity index (χ0n) is 10.8. The summed E-state index contributed by atoms with van der Waals surface area (Å²) in [7, 11) is 0. The number of aromatic nitrogens is 2. The van der Waals surface area contributed by atoms with E-state index in [9.17, 15) is 13.2 Å². The van der Waals surface area contributed by atoms with Gasteiger partial charge in [0.05, 0.1) is 4.47 Å². The SMILES string of the molecule is CCCN(CC(F)(F)F)c1nc(NCC)ncc1Br. The van der Waals surface area contributed by atoms with E-state index >= 15 is 0 Å². The number of hydrogen-bond acceptors (Lipinski definition) is 4. The van der Waals surface area contributed by atoms with E-state index in [1.165, 1.54) is 11.1 Å². The quantitative estimate of drug-likeness (QED) is 0.861. The lowest BCUT2D eigenvalue weighted by Gasteiger charge is -2.25. The Bertz CT molecular complexity index is 411. The van der Waals surface area contributed by atoms with Crippen LogP contribution >= 0.6 is 15.9 Å². The lowest BCUT2D eigenvalue weighted by Crippen LogP contribution is -2.35. The molecular formula is C11H16BrF3N4. The molecule has 0 aliphatic carbocycles. The van der Waals surface area contributed by atoms with Gasteiger partial charge in [0.2, 0.25) is 5.95 Å². The van der Waals surface area contributed by atoms with Gasteiger partial charge in [0, 0.05) is 19.3 Å². The summed E-state index contributed by atoms with van der Waals surface area (Å²) in [5.74, 6) is 0.578. The summed E-state index contributed by atoms with van der Waals surface area (Å²) in [5, 5.41) is 2.88. The van der Waals surface area contributed by atoms with E-state index in [0.29, 0.717) is 23.4 Å². The van der Waals surface area contributed by atoms with Gasteiger partial charge in [-0.15, -0.1) is 0 Å². The topological polar surface area (TPSA) is 41.1 Å². The summed E-state index contributed by atoms with van der Waals surface area (Å²) in [4.78, 5) is 9.31. The van der Waals surface area contributed by atoms with E-state index in [-0.39, 0.29) is 12.4 Å². The van der Waals surface area contributed by atoms with Crippen LogP contribution < -0.4 is 10.2 Å². The van der Waals surface area contributed by atoms with E-state index in [0.717, 1.165) is 0 Å². The molecule has 0 amide bonds. The Balaban J connectivity index is 3.03. The van der Waals surface area contributed by atoms with Crippen LogP contribution in [-0.4, -0.2) is 35.8 Å². The minimum atomic E-state index is -4.27. The molecule has 0 bridgehead atoms. The monoisotopic (exact) mass is 340 g/mol. The second-order valence-corrected chi connectivity index (χ2v) is 4.79. The second-order valence-electron chi connectivity index (χ2n) is 3.93. The lowest BCUT2D eigenvalue weighted by atomic mass is 10.3. The molecular weight excluding hydrogens is 325 g/mol. The maximum Gasteiger partial charge on any atom is 0.405 e. The third kappa shape index (κ3) is 5.22. The minimum absolute atomic E-state index is 0.255. The summed E-state index contributed by atoms with van der Waals surface area (Å²) >= 11 is 3.20. The van der Waals surface area contributed by atoms with Crippen molar-refractivity contribution in [2.75, 3.05) is 29.9 Å². The van der Waals surface area contributed by atoms with E-state index in [2.05, 4.69) is 31.2 Å². The third-order valence-corrected chi connectivity index (χ3v) is 2.78. The van der Waals surface area contributed by atoms with Crippen molar-refractivity contribution in [3.63, 3.8) is 0 Å². The smallest absolute Gasteiger partial charge is 0.354 e. The summed E-state index contributed by atoms with van der Waals surface area (Å²) < 4.78 is 38.2. The minimum Gasteiger partial charge on any atom is -0.354 e. The normalized spacial score (nSPS) is 11.5. The fourth-order valence-electron chi connectivity index (χ4n) is 1.57. The Morgan fingerprint density at radius 1 is 1.37 bits per heavy atom. The first-order valence-electron chi connectivity index (χ1n) is 5.95. The molecule has 1 rings (SSSR count). The molecule has 0 fully saturated rings. The maximum atomic E-state index is 12.6. The highest BCUT2D eigenvalue weighted by Crippen LogP contribution is 2.27. The molecule has 0 aliphatic rings. The van der Waals surface area contributed by atoms with Crippen molar-refractivity contribution in [2.45, 2.75) is 26.4 Å². The molecule has 0 spiro atoms. The van der Waals surface area contributed by atoms with Crippen molar-refractivity contribution in [1.82, 2.24) is 9.97 Å². The summed E-state index contributed by atoms with van der Waals surface area (Å²) in [6.45, 7) is 3.55. The molecule has 8 heteroatoms. The number of nitrogens with one attached hydrogen (secondary N) is 1. The Labute approximate surface area is 118 Å². The molecule has 108 valence electrons. The number of alkyl halides is 3. The molecule has 1 heterocycles. The molecule has 0 saturated carbocycles. The van der Waals surface area contributed by atoms with Gasteiger partial charge >= 0.3 is 6.18 Å². The Morgan fingerprint density at radius 2 is 2.05 bits per heavy atom. The van der Waals surface area contributed by atoms with Crippen LogP contribution in [0.3, 0.4) is 0 Å². The fourth-order valence-corrected chi connectivity index (χ4v) is 2.01. The first kappa shape index (κ1) is 16.0. The molecule has 0 saturated heterocycles. The molecule has 1 N–H and O–H groups in total. The van der Waals surface area contributed by atoms with Crippen LogP contribution in [0.1, 0.15) is 20.3 Å². The van der Waals surface area contributed by atoms with Gasteiger partial charge in [-0.1, -0.05) is 6.92 Å². The van der Waals surface area contributed by atoms with Crippen LogP contribution in [0.25, 0.3) is 0 Å². The molecule has 4 nitrogen and oxygen atoms in total. The van der Waals surface area contributed by atoms with E-state index in [4.69, 9.17) is 0 Å². The molecule has 19 heavy (non-hydrogen) atoms. The average molecular weight is 341 g/mol. The molecule has 0 unspecified atom stereocenters. The highest BCUT2D eigenvalue weighted by atomic mass is 79.9.